The Bertz CT molecular complexity index is 480. The number of urea groups is 1. The van der Waals surface area contributed by atoms with Crippen LogP contribution < -0.4 is 20.7 Å². The van der Waals surface area contributed by atoms with Gasteiger partial charge in [-0.15, -0.1) is 0 Å². The molecule has 0 aliphatic carbocycles. The average molecular weight is 277 g/mol. The van der Waals surface area contributed by atoms with Crippen molar-refractivity contribution in [1.82, 2.24) is 10.6 Å². The van der Waals surface area contributed by atoms with Crippen LogP contribution in [-0.2, 0) is 4.79 Å². The van der Waals surface area contributed by atoms with Crippen molar-refractivity contribution in [2.75, 3.05) is 18.5 Å². The fraction of sp³-hybridized carbons (Fsp3) is 0.429. The molecule has 1 atom stereocenters. The number of carbonyl (C=O) groups excluding carboxylic acids is 2. The molecule has 20 heavy (non-hydrogen) atoms. The zero-order valence-corrected chi connectivity index (χ0v) is 11.4. The van der Waals surface area contributed by atoms with Gasteiger partial charge in [0.25, 0.3) is 0 Å². The molecule has 1 aliphatic heterocycles. The molecule has 1 heterocycles. The zero-order chi connectivity index (χ0) is 14.4. The Labute approximate surface area is 117 Å². The lowest BCUT2D eigenvalue weighted by Crippen LogP contribution is -2.48. The van der Waals surface area contributed by atoms with Crippen LogP contribution in [0, 0.1) is 0 Å². The maximum Gasteiger partial charge on any atom is 0.319 e. The number of hydrogen-bond acceptors (Lipinski definition) is 3. The first-order valence-electron chi connectivity index (χ1n) is 6.74. The molecule has 6 heteroatoms. The number of hydrogen-bond donors (Lipinski definition) is 3. The van der Waals surface area contributed by atoms with Crippen LogP contribution in [0.25, 0.3) is 0 Å². The summed E-state index contributed by atoms with van der Waals surface area (Å²) in [4.78, 5) is 22.9. The Morgan fingerprint density at radius 1 is 1.50 bits per heavy atom. The lowest BCUT2D eigenvalue weighted by molar-refractivity contribution is -0.122. The molecule has 0 aromatic heterocycles. The van der Waals surface area contributed by atoms with E-state index < -0.39 is 0 Å². The summed E-state index contributed by atoms with van der Waals surface area (Å²) in [5, 5.41) is 8.32. The van der Waals surface area contributed by atoms with Gasteiger partial charge in [-0.3, -0.25) is 4.79 Å². The monoisotopic (exact) mass is 277 g/mol. The number of carbonyl (C=O) groups is 2. The van der Waals surface area contributed by atoms with E-state index >= 15 is 0 Å². The molecule has 0 bridgehead atoms. The van der Waals surface area contributed by atoms with Gasteiger partial charge in [0.2, 0.25) is 5.91 Å². The van der Waals surface area contributed by atoms with Crippen LogP contribution in [0.4, 0.5) is 10.5 Å². The quantitative estimate of drug-likeness (QED) is 0.780. The highest BCUT2D eigenvalue weighted by Crippen LogP contribution is 2.17. The predicted octanol–water partition coefficient (Wildman–Crippen LogP) is 1.49. The largest absolute Gasteiger partial charge is 0.494 e. The molecule has 3 amide bonds. The minimum atomic E-state index is -0.278. The third-order valence-electron chi connectivity index (χ3n) is 3.00. The van der Waals surface area contributed by atoms with E-state index in [-0.39, 0.29) is 18.0 Å². The Morgan fingerprint density at radius 3 is 3.05 bits per heavy atom. The van der Waals surface area contributed by atoms with Gasteiger partial charge in [-0.2, -0.15) is 0 Å². The van der Waals surface area contributed by atoms with Crippen molar-refractivity contribution in [3.8, 4) is 5.75 Å². The molecule has 0 spiro atoms. The molecular formula is C14H19N3O3. The number of amides is 3. The second-order valence-electron chi connectivity index (χ2n) is 4.60. The Hall–Kier alpha value is -2.24. The van der Waals surface area contributed by atoms with Gasteiger partial charge in [-0.05, 0) is 25.5 Å². The summed E-state index contributed by atoms with van der Waals surface area (Å²) in [7, 11) is 0. The number of benzene rings is 1. The van der Waals surface area contributed by atoms with Gasteiger partial charge < -0.3 is 20.7 Å². The van der Waals surface area contributed by atoms with Gasteiger partial charge in [0.15, 0.2) is 0 Å². The summed E-state index contributed by atoms with van der Waals surface area (Å²) in [6, 6.07) is 6.92. The van der Waals surface area contributed by atoms with Gasteiger partial charge in [0.1, 0.15) is 5.75 Å². The van der Waals surface area contributed by atoms with Crippen molar-refractivity contribution in [3.63, 3.8) is 0 Å². The Balaban J connectivity index is 1.84. The maximum atomic E-state index is 11.9. The van der Waals surface area contributed by atoms with E-state index in [9.17, 15) is 9.59 Å². The van der Waals surface area contributed by atoms with Crippen LogP contribution in [0.2, 0.25) is 0 Å². The van der Waals surface area contributed by atoms with Gasteiger partial charge in [0, 0.05) is 30.8 Å². The van der Waals surface area contributed by atoms with Crippen LogP contribution in [0.3, 0.4) is 0 Å². The number of anilines is 1. The van der Waals surface area contributed by atoms with E-state index in [2.05, 4.69) is 16.0 Å². The highest BCUT2D eigenvalue weighted by molar-refractivity contribution is 5.89. The topological polar surface area (TPSA) is 79.5 Å². The number of ether oxygens (including phenoxy) is 1. The summed E-state index contributed by atoms with van der Waals surface area (Å²) in [5.41, 5.74) is 0.674. The lowest BCUT2D eigenvalue weighted by Gasteiger charge is -2.23. The van der Waals surface area contributed by atoms with E-state index in [4.69, 9.17) is 4.74 Å². The second-order valence-corrected chi connectivity index (χ2v) is 4.60. The normalized spacial score (nSPS) is 18.1. The minimum absolute atomic E-state index is 0.0252. The fourth-order valence-electron chi connectivity index (χ4n) is 2.04. The standard InChI is InChI=1S/C14H19N3O3/c1-2-20-12-5-3-4-10(8-12)16-14(19)17-11-6-7-13(18)15-9-11/h3-5,8,11H,2,6-7,9H2,1H3,(H,15,18)(H2,16,17,19). The van der Waals surface area contributed by atoms with Crippen molar-refractivity contribution in [3.05, 3.63) is 24.3 Å². The zero-order valence-electron chi connectivity index (χ0n) is 11.4. The molecule has 1 fully saturated rings. The van der Waals surface area contributed by atoms with Crippen LogP contribution in [0.1, 0.15) is 19.8 Å². The number of piperidine rings is 1. The summed E-state index contributed by atoms with van der Waals surface area (Å²) < 4.78 is 5.37. The molecular weight excluding hydrogens is 258 g/mol. The smallest absolute Gasteiger partial charge is 0.319 e. The van der Waals surface area contributed by atoms with Crippen molar-refractivity contribution >= 4 is 17.6 Å². The average Bonchev–Trinajstić information content (AvgIpc) is 2.42. The fourth-order valence-corrected chi connectivity index (χ4v) is 2.04. The highest BCUT2D eigenvalue weighted by Gasteiger charge is 2.19. The summed E-state index contributed by atoms with van der Waals surface area (Å²) in [6.45, 7) is 2.97. The first-order chi connectivity index (χ1) is 9.67. The molecule has 6 nitrogen and oxygen atoms in total. The van der Waals surface area contributed by atoms with Crippen LogP contribution in [0.5, 0.6) is 5.75 Å². The summed E-state index contributed by atoms with van der Waals surface area (Å²) in [5.74, 6) is 0.753. The Morgan fingerprint density at radius 2 is 2.35 bits per heavy atom. The number of rotatable bonds is 4. The first-order valence-corrected chi connectivity index (χ1v) is 6.74. The molecule has 2 rings (SSSR count). The van der Waals surface area contributed by atoms with Gasteiger partial charge in [0.05, 0.1) is 6.61 Å². The molecule has 1 aliphatic rings. The predicted molar refractivity (Wildman–Crippen MR) is 75.8 cm³/mol. The van der Waals surface area contributed by atoms with Gasteiger partial charge >= 0.3 is 6.03 Å². The molecule has 0 radical (unpaired) electrons. The van der Waals surface area contributed by atoms with Crippen molar-refractivity contribution in [2.24, 2.45) is 0 Å². The summed E-state index contributed by atoms with van der Waals surface area (Å²) >= 11 is 0. The van der Waals surface area contributed by atoms with E-state index in [1.54, 1.807) is 12.1 Å². The lowest BCUT2D eigenvalue weighted by atomic mass is 10.1. The van der Waals surface area contributed by atoms with Gasteiger partial charge in [-0.25, -0.2) is 4.79 Å². The van der Waals surface area contributed by atoms with E-state index in [0.717, 1.165) is 5.75 Å². The van der Waals surface area contributed by atoms with Gasteiger partial charge in [-0.1, -0.05) is 6.07 Å². The Kier molecular flexibility index (Phi) is 4.81. The van der Waals surface area contributed by atoms with Crippen molar-refractivity contribution in [1.29, 1.82) is 0 Å². The van der Waals surface area contributed by atoms with E-state index in [1.807, 2.05) is 19.1 Å². The molecule has 108 valence electrons. The number of nitrogens with one attached hydrogen (secondary N) is 3. The molecule has 1 saturated heterocycles. The van der Waals surface area contributed by atoms with Crippen molar-refractivity contribution in [2.45, 2.75) is 25.8 Å². The van der Waals surface area contributed by atoms with Crippen LogP contribution in [-0.4, -0.2) is 31.1 Å². The minimum Gasteiger partial charge on any atom is -0.494 e. The molecule has 0 saturated carbocycles. The van der Waals surface area contributed by atoms with Crippen LogP contribution >= 0.6 is 0 Å². The third kappa shape index (κ3) is 4.15. The van der Waals surface area contributed by atoms with Crippen molar-refractivity contribution < 1.29 is 14.3 Å². The molecule has 1 unspecified atom stereocenters. The molecule has 1 aromatic carbocycles. The first kappa shape index (κ1) is 14.2. The van der Waals surface area contributed by atoms with E-state index in [0.29, 0.717) is 31.7 Å². The second kappa shape index (κ2) is 6.79. The molecule has 1 aromatic rings. The maximum absolute atomic E-state index is 11.9. The van der Waals surface area contributed by atoms with E-state index in [1.165, 1.54) is 0 Å². The highest BCUT2D eigenvalue weighted by atomic mass is 16.5. The van der Waals surface area contributed by atoms with Crippen LogP contribution in [0.15, 0.2) is 24.3 Å². The third-order valence-corrected chi connectivity index (χ3v) is 3.00. The summed E-state index contributed by atoms with van der Waals surface area (Å²) in [6.07, 6.45) is 1.11. The SMILES string of the molecule is CCOc1cccc(NC(=O)NC2CCC(=O)NC2)c1. The molecule has 3 N–H and O–H groups in total.